The van der Waals surface area contributed by atoms with Crippen LogP contribution in [0, 0.1) is 0 Å². The fourth-order valence-electron chi connectivity index (χ4n) is 1.43. The number of hydrogen-bond donors (Lipinski definition) is 0. The summed E-state index contributed by atoms with van der Waals surface area (Å²) in [6.07, 6.45) is 1.21. The van der Waals surface area contributed by atoms with Gasteiger partial charge in [0.05, 0.1) is 5.60 Å². The van der Waals surface area contributed by atoms with Crippen LogP contribution in [0.25, 0.3) is 0 Å². The minimum Gasteiger partial charge on any atom is -0.454 e. The summed E-state index contributed by atoms with van der Waals surface area (Å²) in [4.78, 5) is 33.3. The molecule has 122 valence electrons. The zero-order chi connectivity index (χ0) is 16.7. The van der Waals surface area contributed by atoms with Crippen LogP contribution in [-0.4, -0.2) is 35.9 Å². The summed E-state index contributed by atoms with van der Waals surface area (Å²) in [6, 6.07) is 0. The van der Waals surface area contributed by atoms with Crippen molar-refractivity contribution in [1.29, 1.82) is 0 Å². The average molecular weight is 302 g/mol. The molecular formula is C15H26O6. The first-order chi connectivity index (χ1) is 9.47. The lowest BCUT2D eigenvalue weighted by molar-refractivity contribution is -0.399. The van der Waals surface area contributed by atoms with Crippen LogP contribution in [0.4, 0.5) is 0 Å². The van der Waals surface area contributed by atoms with Crippen molar-refractivity contribution in [1.82, 2.24) is 0 Å². The summed E-state index contributed by atoms with van der Waals surface area (Å²) in [5.41, 5.74) is -1.11. The summed E-state index contributed by atoms with van der Waals surface area (Å²) in [6.45, 7) is 14.2. The van der Waals surface area contributed by atoms with E-state index in [1.54, 1.807) is 20.8 Å². The molecule has 0 aromatic heterocycles. The van der Waals surface area contributed by atoms with Crippen molar-refractivity contribution in [3.05, 3.63) is 12.7 Å². The van der Waals surface area contributed by atoms with Gasteiger partial charge in [-0.05, 0) is 41.5 Å². The van der Waals surface area contributed by atoms with Gasteiger partial charge in [-0.3, -0.25) is 0 Å². The highest BCUT2D eigenvalue weighted by molar-refractivity contribution is 6.29. The van der Waals surface area contributed by atoms with Crippen molar-refractivity contribution in [2.45, 2.75) is 65.3 Å². The van der Waals surface area contributed by atoms with Crippen LogP contribution < -0.4 is 0 Å². The molecule has 0 aliphatic heterocycles. The van der Waals surface area contributed by atoms with Gasteiger partial charge in [-0.2, -0.15) is 0 Å². The van der Waals surface area contributed by atoms with Gasteiger partial charge in [0, 0.05) is 6.42 Å². The summed E-state index contributed by atoms with van der Waals surface area (Å²) in [7, 11) is 0. The molecule has 21 heavy (non-hydrogen) atoms. The number of rotatable bonds is 7. The third-order valence-corrected chi connectivity index (χ3v) is 2.10. The number of carbonyl (C=O) groups excluding carboxylic acids is 2. The Bertz CT molecular complexity index is 367. The van der Waals surface area contributed by atoms with Gasteiger partial charge < -0.3 is 9.47 Å². The van der Waals surface area contributed by atoms with Crippen LogP contribution >= 0.6 is 0 Å². The lowest BCUT2D eigenvalue weighted by atomic mass is 10.0. The fraction of sp³-hybridized carbons (Fsp3) is 0.733. The van der Waals surface area contributed by atoms with Crippen LogP contribution in [0.5, 0.6) is 0 Å². The number of carbonyl (C=O) groups is 2. The molecule has 0 aliphatic rings. The minimum atomic E-state index is -1.04. The van der Waals surface area contributed by atoms with Crippen LogP contribution in [0.15, 0.2) is 12.7 Å². The Hall–Kier alpha value is -1.40. The monoisotopic (exact) mass is 302 g/mol. The molecule has 0 fully saturated rings. The number of hydrogen-bond acceptors (Lipinski definition) is 6. The Morgan fingerprint density at radius 1 is 1.10 bits per heavy atom. The molecule has 0 N–H and O–H groups in total. The van der Waals surface area contributed by atoms with Gasteiger partial charge in [-0.1, -0.05) is 12.7 Å². The first-order valence-electron chi connectivity index (χ1n) is 6.82. The Kier molecular flexibility index (Phi) is 7.60. The summed E-state index contributed by atoms with van der Waals surface area (Å²) < 4.78 is 9.58. The highest BCUT2D eigenvalue weighted by Crippen LogP contribution is 2.22. The lowest BCUT2D eigenvalue weighted by Crippen LogP contribution is -2.35. The van der Waals surface area contributed by atoms with Crippen LogP contribution in [0.2, 0.25) is 0 Å². The van der Waals surface area contributed by atoms with Crippen LogP contribution in [-0.2, 0) is 28.8 Å². The van der Waals surface area contributed by atoms with E-state index in [1.165, 1.54) is 6.08 Å². The zero-order valence-electron chi connectivity index (χ0n) is 13.7. The largest absolute Gasteiger partial charge is 0.454 e. The van der Waals surface area contributed by atoms with Gasteiger partial charge in [0.15, 0.2) is 0 Å². The van der Waals surface area contributed by atoms with E-state index in [2.05, 4.69) is 11.3 Å². The van der Waals surface area contributed by atoms with Crippen molar-refractivity contribution in [3.8, 4) is 0 Å². The normalized spacial score (nSPS) is 13.4. The van der Waals surface area contributed by atoms with Gasteiger partial charge in [0.2, 0.25) is 0 Å². The Labute approximate surface area is 126 Å². The molecule has 0 saturated carbocycles. The Morgan fingerprint density at radius 2 is 1.67 bits per heavy atom. The Morgan fingerprint density at radius 3 is 2.14 bits per heavy atom. The van der Waals surface area contributed by atoms with E-state index in [0.29, 0.717) is 6.42 Å². The molecule has 0 amide bonds. The lowest BCUT2D eigenvalue weighted by Gasteiger charge is -2.30. The second-order valence-corrected chi connectivity index (χ2v) is 6.35. The molecule has 6 nitrogen and oxygen atoms in total. The predicted octanol–water partition coefficient (Wildman–Crippen LogP) is 2.56. The molecule has 6 heteroatoms. The molecule has 0 radical (unpaired) electrons. The van der Waals surface area contributed by atoms with Crippen molar-refractivity contribution in [3.63, 3.8) is 0 Å². The van der Waals surface area contributed by atoms with E-state index >= 15 is 0 Å². The quantitative estimate of drug-likeness (QED) is 0.237. The molecule has 0 aromatic rings. The van der Waals surface area contributed by atoms with Crippen LogP contribution in [0.3, 0.4) is 0 Å². The fourth-order valence-corrected chi connectivity index (χ4v) is 1.43. The maximum atomic E-state index is 11.5. The van der Waals surface area contributed by atoms with Gasteiger partial charge in [-0.15, -0.1) is 0 Å². The highest BCUT2D eigenvalue weighted by Gasteiger charge is 2.29. The minimum absolute atomic E-state index is 0.0314. The summed E-state index contributed by atoms with van der Waals surface area (Å²) in [5.74, 6) is -2.07. The van der Waals surface area contributed by atoms with E-state index < -0.39 is 29.2 Å². The maximum absolute atomic E-state index is 11.5. The number of ether oxygens (including phenoxy) is 2. The summed E-state index contributed by atoms with van der Waals surface area (Å²) in [5, 5.41) is 0. The van der Waals surface area contributed by atoms with Crippen molar-refractivity contribution in [2.75, 3.05) is 6.61 Å². The molecule has 0 saturated heterocycles. The molecule has 1 unspecified atom stereocenters. The molecule has 0 aliphatic carbocycles. The van der Waals surface area contributed by atoms with Crippen molar-refractivity contribution >= 4 is 11.9 Å². The second-order valence-electron chi connectivity index (χ2n) is 6.35. The van der Waals surface area contributed by atoms with Gasteiger partial charge in [-0.25, -0.2) is 19.4 Å². The van der Waals surface area contributed by atoms with Gasteiger partial charge in [0.25, 0.3) is 0 Å². The third-order valence-electron chi connectivity index (χ3n) is 2.10. The van der Waals surface area contributed by atoms with E-state index in [-0.39, 0.29) is 6.61 Å². The molecule has 0 rings (SSSR count). The molecule has 0 spiro atoms. The van der Waals surface area contributed by atoms with E-state index in [4.69, 9.17) is 14.5 Å². The molecular weight excluding hydrogens is 276 g/mol. The Balaban J connectivity index is 4.28. The zero-order valence-corrected chi connectivity index (χ0v) is 13.7. The topological polar surface area (TPSA) is 71.1 Å². The smallest absolute Gasteiger partial charge is 0.417 e. The van der Waals surface area contributed by atoms with E-state index in [9.17, 15) is 9.59 Å². The molecule has 0 aromatic carbocycles. The van der Waals surface area contributed by atoms with Gasteiger partial charge in [0.1, 0.15) is 18.3 Å². The van der Waals surface area contributed by atoms with Crippen molar-refractivity contribution in [2.24, 2.45) is 0 Å². The first-order valence-corrected chi connectivity index (χ1v) is 6.82. The molecule has 0 bridgehead atoms. The van der Waals surface area contributed by atoms with E-state index in [1.807, 2.05) is 20.8 Å². The predicted molar refractivity (Wildman–Crippen MR) is 77.3 cm³/mol. The van der Waals surface area contributed by atoms with Crippen molar-refractivity contribution < 1.29 is 28.8 Å². The first kappa shape index (κ1) is 19.6. The average Bonchev–Trinajstić information content (AvgIpc) is 2.32. The standard InChI is InChI=1S/C15H26O6/c1-8-9-18-12(16)13(17)19-11(2)10-15(6,7)21-20-14(3,4)5/h8,11H,1,9-10H2,2-7H3. The highest BCUT2D eigenvalue weighted by atomic mass is 17.2. The third kappa shape index (κ3) is 10.0. The summed E-state index contributed by atoms with van der Waals surface area (Å²) >= 11 is 0. The van der Waals surface area contributed by atoms with E-state index in [0.717, 1.165) is 0 Å². The second kappa shape index (κ2) is 8.14. The number of esters is 2. The van der Waals surface area contributed by atoms with Crippen LogP contribution in [0.1, 0.15) is 48.0 Å². The molecule has 1 atom stereocenters. The molecule has 0 heterocycles. The SMILES string of the molecule is C=CCOC(=O)C(=O)OC(C)CC(C)(C)OOC(C)(C)C. The maximum Gasteiger partial charge on any atom is 0.417 e. The van der Waals surface area contributed by atoms with Gasteiger partial charge >= 0.3 is 11.9 Å².